The van der Waals surface area contributed by atoms with E-state index < -0.39 is 0 Å². The zero-order valence-corrected chi connectivity index (χ0v) is 5.91. The molecule has 55 valence electrons. The second kappa shape index (κ2) is 2.31. The predicted molar refractivity (Wildman–Crippen MR) is 40.0 cm³/mol. The van der Waals surface area contributed by atoms with Crippen molar-refractivity contribution >= 4 is 0 Å². The summed E-state index contributed by atoms with van der Waals surface area (Å²) in [5.41, 5.74) is 1.08. The molecule has 0 unspecified atom stereocenters. The Kier molecular flexibility index (Phi) is 1.32. The van der Waals surface area contributed by atoms with Gasteiger partial charge in [-0.2, -0.15) is 0 Å². The molecule has 1 aliphatic heterocycles. The highest BCUT2D eigenvalue weighted by Crippen LogP contribution is 2.27. The molecule has 0 aromatic heterocycles. The second-order valence-corrected chi connectivity index (χ2v) is 2.46. The molecule has 0 fully saturated rings. The minimum atomic E-state index is -0.000880. The fourth-order valence-electron chi connectivity index (χ4n) is 1.11. The Balaban J connectivity index is 2.48. The molecule has 0 saturated carbocycles. The van der Waals surface area contributed by atoms with Gasteiger partial charge >= 0.3 is 0 Å². The van der Waals surface area contributed by atoms with E-state index in [2.05, 4.69) is 0 Å². The summed E-state index contributed by atoms with van der Waals surface area (Å²) >= 11 is 0. The number of rotatable bonds is 0. The van der Waals surface area contributed by atoms with E-state index in [0.717, 1.165) is 12.0 Å². The first kappa shape index (κ1) is 6.28. The van der Waals surface area contributed by atoms with E-state index in [1.807, 2.05) is 6.08 Å². The summed E-state index contributed by atoms with van der Waals surface area (Å²) in [6, 6.07) is 4.88. The van der Waals surface area contributed by atoms with Gasteiger partial charge in [0, 0.05) is 6.07 Å². The summed E-state index contributed by atoms with van der Waals surface area (Å²) in [5.74, 6) is 0.694. The van der Waals surface area contributed by atoms with Crippen molar-refractivity contribution in [1.82, 2.24) is 0 Å². The Bertz CT molecular complexity index is 302. The van der Waals surface area contributed by atoms with E-state index in [1.54, 1.807) is 18.4 Å². The lowest BCUT2D eigenvalue weighted by Gasteiger charge is -2.10. The molecule has 2 rings (SSSR count). The Hall–Kier alpha value is -1.44. The van der Waals surface area contributed by atoms with Crippen LogP contribution in [0, 0.1) is 0 Å². The normalized spacial score (nSPS) is 13.8. The number of fused-ring (bicyclic) bond motifs is 1. The fourth-order valence-corrected chi connectivity index (χ4v) is 1.11. The molecule has 1 aromatic carbocycles. The Morgan fingerprint density at radius 3 is 3.18 bits per heavy atom. The molecule has 0 N–H and O–H groups in total. The van der Waals surface area contributed by atoms with Gasteiger partial charge in [-0.25, -0.2) is 0 Å². The first-order valence-electron chi connectivity index (χ1n) is 3.48. The van der Waals surface area contributed by atoms with Crippen LogP contribution in [-0.2, 0) is 11.5 Å². The maximum atomic E-state index is 10.8. The van der Waals surface area contributed by atoms with E-state index in [9.17, 15) is 5.11 Å². The SMILES string of the molecule is [O]c1ccc2c(c1)OC=CC2. The number of hydrogen-bond donors (Lipinski definition) is 0. The van der Waals surface area contributed by atoms with E-state index in [-0.39, 0.29) is 5.75 Å². The topological polar surface area (TPSA) is 29.1 Å². The minimum Gasteiger partial charge on any atom is -0.465 e. The van der Waals surface area contributed by atoms with Crippen molar-refractivity contribution < 1.29 is 9.84 Å². The van der Waals surface area contributed by atoms with Crippen LogP contribution in [0.4, 0.5) is 0 Å². The van der Waals surface area contributed by atoms with Crippen LogP contribution in [0.2, 0.25) is 0 Å². The third-order valence-corrected chi connectivity index (χ3v) is 1.67. The summed E-state index contributed by atoms with van der Waals surface area (Å²) in [7, 11) is 0. The Morgan fingerprint density at radius 1 is 1.36 bits per heavy atom. The van der Waals surface area contributed by atoms with Crippen molar-refractivity contribution in [3.8, 4) is 11.5 Å². The van der Waals surface area contributed by atoms with Crippen molar-refractivity contribution in [3.63, 3.8) is 0 Å². The molecule has 1 aromatic rings. The number of benzene rings is 1. The van der Waals surface area contributed by atoms with Gasteiger partial charge in [0.1, 0.15) is 5.75 Å². The molecule has 0 aliphatic carbocycles. The zero-order valence-electron chi connectivity index (χ0n) is 5.91. The number of ether oxygens (including phenoxy) is 1. The minimum absolute atomic E-state index is 0.000880. The molecule has 2 nitrogen and oxygen atoms in total. The summed E-state index contributed by atoms with van der Waals surface area (Å²) in [6.45, 7) is 0. The molecule has 0 amide bonds. The van der Waals surface area contributed by atoms with Crippen LogP contribution in [0.5, 0.6) is 11.5 Å². The van der Waals surface area contributed by atoms with Crippen LogP contribution in [0.1, 0.15) is 5.56 Å². The maximum absolute atomic E-state index is 10.8. The third-order valence-electron chi connectivity index (χ3n) is 1.67. The standard InChI is InChI=1S/C9H7O2/c10-8-4-3-7-2-1-5-11-9(7)6-8/h1,3-6H,2H2. The van der Waals surface area contributed by atoms with Crippen LogP contribution in [-0.4, -0.2) is 0 Å². The Labute approximate surface area is 64.7 Å². The van der Waals surface area contributed by atoms with Gasteiger partial charge in [-0.1, -0.05) is 6.07 Å². The first-order valence-corrected chi connectivity index (χ1v) is 3.48. The highest BCUT2D eigenvalue weighted by Gasteiger charge is 2.06. The van der Waals surface area contributed by atoms with E-state index in [0.29, 0.717) is 5.75 Å². The van der Waals surface area contributed by atoms with Crippen molar-refractivity contribution in [3.05, 3.63) is 36.1 Å². The summed E-state index contributed by atoms with van der Waals surface area (Å²) in [5, 5.41) is 10.8. The van der Waals surface area contributed by atoms with Gasteiger partial charge in [-0.3, -0.25) is 5.11 Å². The van der Waals surface area contributed by atoms with Crippen molar-refractivity contribution in [2.75, 3.05) is 0 Å². The summed E-state index contributed by atoms with van der Waals surface area (Å²) < 4.78 is 5.12. The quantitative estimate of drug-likeness (QED) is 0.553. The van der Waals surface area contributed by atoms with Crippen molar-refractivity contribution in [2.45, 2.75) is 6.42 Å². The molecule has 1 heterocycles. The molecule has 0 saturated heterocycles. The molecule has 0 bridgehead atoms. The van der Waals surface area contributed by atoms with Crippen LogP contribution in [0.25, 0.3) is 0 Å². The lowest BCUT2D eigenvalue weighted by Crippen LogP contribution is -1.94. The Morgan fingerprint density at radius 2 is 2.27 bits per heavy atom. The monoisotopic (exact) mass is 147 g/mol. The molecular formula is C9H7O2. The van der Waals surface area contributed by atoms with E-state index in [1.165, 1.54) is 6.07 Å². The predicted octanol–water partition coefficient (Wildman–Crippen LogP) is 2.28. The molecule has 0 atom stereocenters. The van der Waals surface area contributed by atoms with Gasteiger partial charge in [-0.05, 0) is 24.1 Å². The summed E-state index contributed by atoms with van der Waals surface area (Å²) in [6.07, 6.45) is 4.39. The third kappa shape index (κ3) is 1.07. The van der Waals surface area contributed by atoms with Gasteiger partial charge in [0.05, 0.1) is 6.26 Å². The number of hydrogen-bond acceptors (Lipinski definition) is 1. The number of allylic oxidation sites excluding steroid dienone is 1. The second-order valence-electron chi connectivity index (χ2n) is 2.46. The van der Waals surface area contributed by atoms with Gasteiger partial charge in [0.25, 0.3) is 0 Å². The maximum Gasteiger partial charge on any atom is 0.182 e. The molecule has 11 heavy (non-hydrogen) atoms. The molecular weight excluding hydrogens is 140 g/mol. The lowest BCUT2D eigenvalue weighted by molar-refractivity contribution is 0.351. The largest absolute Gasteiger partial charge is 0.465 e. The molecule has 0 spiro atoms. The highest BCUT2D eigenvalue weighted by molar-refractivity contribution is 5.42. The first-order chi connectivity index (χ1) is 5.36. The van der Waals surface area contributed by atoms with Gasteiger partial charge in [-0.15, -0.1) is 0 Å². The molecule has 1 aliphatic rings. The van der Waals surface area contributed by atoms with Crippen molar-refractivity contribution in [2.24, 2.45) is 0 Å². The average molecular weight is 147 g/mol. The van der Waals surface area contributed by atoms with Crippen molar-refractivity contribution in [1.29, 1.82) is 0 Å². The van der Waals surface area contributed by atoms with Crippen LogP contribution >= 0.6 is 0 Å². The molecule has 2 heteroatoms. The smallest absolute Gasteiger partial charge is 0.182 e. The highest BCUT2D eigenvalue weighted by atomic mass is 16.5. The van der Waals surface area contributed by atoms with E-state index in [4.69, 9.17) is 4.74 Å². The van der Waals surface area contributed by atoms with Crippen LogP contribution in [0.15, 0.2) is 30.5 Å². The summed E-state index contributed by atoms with van der Waals surface area (Å²) in [4.78, 5) is 0. The lowest BCUT2D eigenvalue weighted by atomic mass is 10.1. The van der Waals surface area contributed by atoms with Gasteiger partial charge < -0.3 is 4.74 Å². The van der Waals surface area contributed by atoms with Crippen LogP contribution in [0.3, 0.4) is 0 Å². The molecule has 1 radical (unpaired) electrons. The van der Waals surface area contributed by atoms with Gasteiger partial charge in [0.2, 0.25) is 0 Å². The average Bonchev–Trinajstić information content (AvgIpc) is 2.04. The van der Waals surface area contributed by atoms with Crippen LogP contribution < -0.4 is 4.74 Å². The van der Waals surface area contributed by atoms with Gasteiger partial charge in [0.15, 0.2) is 5.75 Å². The fraction of sp³-hybridized carbons (Fsp3) is 0.111. The zero-order chi connectivity index (χ0) is 7.68. The van der Waals surface area contributed by atoms with E-state index >= 15 is 0 Å².